The van der Waals surface area contributed by atoms with Crippen molar-refractivity contribution < 1.29 is 4.39 Å². The number of nitrogens with zero attached hydrogens (tertiary/aromatic N) is 2. The van der Waals surface area contributed by atoms with Gasteiger partial charge in [0, 0.05) is 11.4 Å². The van der Waals surface area contributed by atoms with E-state index in [1.165, 1.54) is 18.0 Å². The van der Waals surface area contributed by atoms with Crippen molar-refractivity contribution in [2.45, 2.75) is 19.9 Å². The Morgan fingerprint density at radius 1 is 1.05 bits per heavy atom. The lowest BCUT2D eigenvalue weighted by molar-refractivity contribution is 0.636. The molecule has 0 spiro atoms. The molecule has 1 atom stereocenters. The molecule has 0 radical (unpaired) electrons. The molecule has 2 aromatic carbocycles. The number of anilines is 1. The average molecular weight is 281 g/mol. The maximum absolute atomic E-state index is 13.8. The van der Waals surface area contributed by atoms with Crippen LogP contribution in [0.5, 0.6) is 0 Å². The van der Waals surface area contributed by atoms with E-state index < -0.39 is 0 Å². The number of benzene rings is 2. The predicted octanol–water partition coefficient (Wildman–Crippen LogP) is 4.25. The van der Waals surface area contributed by atoms with Crippen molar-refractivity contribution >= 4 is 16.7 Å². The Balaban J connectivity index is 1.94. The summed E-state index contributed by atoms with van der Waals surface area (Å²) >= 11 is 0. The van der Waals surface area contributed by atoms with Gasteiger partial charge in [0.15, 0.2) is 0 Å². The third-order valence-corrected chi connectivity index (χ3v) is 3.55. The summed E-state index contributed by atoms with van der Waals surface area (Å²) in [7, 11) is 0. The van der Waals surface area contributed by atoms with Crippen molar-refractivity contribution in [3.8, 4) is 0 Å². The van der Waals surface area contributed by atoms with Crippen LogP contribution in [0.3, 0.4) is 0 Å². The summed E-state index contributed by atoms with van der Waals surface area (Å²) in [5.74, 6) is 0.313. The van der Waals surface area contributed by atoms with Crippen molar-refractivity contribution in [3.05, 3.63) is 65.7 Å². The van der Waals surface area contributed by atoms with Gasteiger partial charge in [-0.05, 0) is 31.5 Å². The summed E-state index contributed by atoms with van der Waals surface area (Å²) in [6.45, 7) is 4.11. The third-order valence-electron chi connectivity index (χ3n) is 3.55. The fourth-order valence-electron chi connectivity index (χ4n) is 2.31. The highest BCUT2D eigenvalue weighted by Crippen LogP contribution is 2.25. The van der Waals surface area contributed by atoms with Gasteiger partial charge in [0.05, 0.1) is 0 Å². The standard InChI is InChI=1S/C17H16FN3/c1-11-6-8-13(9-7-11)12(2)21-17-14-4-3-5-15(18)16(14)19-10-20-17/h3-10,12H,1-2H3,(H,19,20,21). The number of aryl methyl sites for hydroxylation is 1. The van der Waals surface area contributed by atoms with Gasteiger partial charge in [-0.1, -0.05) is 35.9 Å². The van der Waals surface area contributed by atoms with Crippen LogP contribution in [0.2, 0.25) is 0 Å². The molecule has 3 nitrogen and oxygen atoms in total. The Kier molecular flexibility index (Phi) is 3.52. The molecule has 0 aliphatic carbocycles. The number of fused-ring (bicyclic) bond motifs is 1. The molecule has 0 amide bonds. The van der Waals surface area contributed by atoms with Gasteiger partial charge in [0.1, 0.15) is 23.5 Å². The summed E-state index contributed by atoms with van der Waals surface area (Å²) in [5, 5.41) is 4.02. The van der Waals surface area contributed by atoms with Crippen LogP contribution in [0.1, 0.15) is 24.1 Å². The first-order chi connectivity index (χ1) is 10.1. The molecule has 0 aliphatic rings. The average Bonchev–Trinajstić information content (AvgIpc) is 2.49. The fourth-order valence-corrected chi connectivity index (χ4v) is 2.31. The van der Waals surface area contributed by atoms with E-state index in [0.29, 0.717) is 16.7 Å². The Hall–Kier alpha value is -2.49. The van der Waals surface area contributed by atoms with Crippen LogP contribution in [0.15, 0.2) is 48.8 Å². The zero-order valence-electron chi connectivity index (χ0n) is 12.0. The molecular formula is C17H16FN3. The number of halogens is 1. The van der Waals surface area contributed by atoms with Crippen LogP contribution in [-0.4, -0.2) is 9.97 Å². The maximum Gasteiger partial charge on any atom is 0.149 e. The lowest BCUT2D eigenvalue weighted by Crippen LogP contribution is -2.08. The largest absolute Gasteiger partial charge is 0.363 e. The van der Waals surface area contributed by atoms with Crippen LogP contribution in [-0.2, 0) is 0 Å². The zero-order chi connectivity index (χ0) is 14.8. The highest BCUT2D eigenvalue weighted by atomic mass is 19.1. The second kappa shape index (κ2) is 5.48. The number of rotatable bonds is 3. The molecule has 1 N–H and O–H groups in total. The molecule has 106 valence electrons. The Morgan fingerprint density at radius 2 is 1.81 bits per heavy atom. The summed E-state index contributed by atoms with van der Waals surface area (Å²) in [6.07, 6.45) is 1.38. The summed E-state index contributed by atoms with van der Waals surface area (Å²) in [6, 6.07) is 13.3. The van der Waals surface area contributed by atoms with Gasteiger partial charge < -0.3 is 5.32 Å². The van der Waals surface area contributed by atoms with E-state index in [9.17, 15) is 4.39 Å². The lowest BCUT2D eigenvalue weighted by Gasteiger charge is -2.16. The molecule has 1 unspecified atom stereocenters. The lowest BCUT2D eigenvalue weighted by atomic mass is 10.1. The van der Waals surface area contributed by atoms with Crippen molar-refractivity contribution in [1.29, 1.82) is 0 Å². The first-order valence-corrected chi connectivity index (χ1v) is 6.87. The van der Waals surface area contributed by atoms with Crippen LogP contribution in [0.4, 0.5) is 10.2 Å². The van der Waals surface area contributed by atoms with E-state index in [1.54, 1.807) is 6.07 Å². The van der Waals surface area contributed by atoms with E-state index in [1.807, 2.05) is 6.07 Å². The van der Waals surface area contributed by atoms with E-state index in [4.69, 9.17) is 0 Å². The minimum absolute atomic E-state index is 0.0759. The molecule has 0 fully saturated rings. The zero-order valence-corrected chi connectivity index (χ0v) is 12.0. The molecule has 1 aromatic heterocycles. The molecule has 0 saturated heterocycles. The minimum Gasteiger partial charge on any atom is -0.363 e. The molecular weight excluding hydrogens is 265 g/mol. The van der Waals surface area contributed by atoms with Gasteiger partial charge in [-0.25, -0.2) is 14.4 Å². The maximum atomic E-state index is 13.8. The third kappa shape index (κ3) is 2.70. The number of hydrogen-bond donors (Lipinski definition) is 1. The van der Waals surface area contributed by atoms with Gasteiger partial charge >= 0.3 is 0 Å². The second-order valence-corrected chi connectivity index (χ2v) is 5.13. The fraction of sp³-hybridized carbons (Fsp3) is 0.176. The first-order valence-electron chi connectivity index (χ1n) is 6.87. The molecule has 0 saturated carbocycles. The van der Waals surface area contributed by atoms with Gasteiger partial charge in [-0.2, -0.15) is 0 Å². The SMILES string of the molecule is Cc1ccc(C(C)Nc2ncnc3c(F)cccc23)cc1. The van der Waals surface area contributed by atoms with E-state index in [0.717, 1.165) is 5.56 Å². The summed E-state index contributed by atoms with van der Waals surface area (Å²) in [4.78, 5) is 8.25. The van der Waals surface area contributed by atoms with Crippen LogP contribution in [0, 0.1) is 12.7 Å². The minimum atomic E-state index is -0.332. The van der Waals surface area contributed by atoms with Gasteiger partial charge in [0.2, 0.25) is 0 Å². The van der Waals surface area contributed by atoms with E-state index >= 15 is 0 Å². The van der Waals surface area contributed by atoms with Crippen molar-refractivity contribution in [3.63, 3.8) is 0 Å². The molecule has 0 bridgehead atoms. The van der Waals surface area contributed by atoms with Gasteiger partial charge in [-0.3, -0.25) is 0 Å². The molecule has 1 heterocycles. The van der Waals surface area contributed by atoms with Crippen molar-refractivity contribution in [1.82, 2.24) is 9.97 Å². The number of hydrogen-bond acceptors (Lipinski definition) is 3. The van der Waals surface area contributed by atoms with Crippen molar-refractivity contribution in [2.75, 3.05) is 5.32 Å². The van der Waals surface area contributed by atoms with Crippen LogP contribution >= 0.6 is 0 Å². The topological polar surface area (TPSA) is 37.8 Å². The number of para-hydroxylation sites is 1. The summed E-state index contributed by atoms with van der Waals surface area (Å²) in [5.41, 5.74) is 2.72. The first kappa shape index (κ1) is 13.5. The highest BCUT2D eigenvalue weighted by Gasteiger charge is 2.11. The normalized spacial score (nSPS) is 12.3. The monoisotopic (exact) mass is 281 g/mol. The highest BCUT2D eigenvalue weighted by molar-refractivity contribution is 5.89. The molecule has 3 aromatic rings. The van der Waals surface area contributed by atoms with E-state index in [-0.39, 0.29) is 11.9 Å². The van der Waals surface area contributed by atoms with Crippen molar-refractivity contribution in [2.24, 2.45) is 0 Å². The van der Waals surface area contributed by atoms with E-state index in [2.05, 4.69) is 53.4 Å². The van der Waals surface area contributed by atoms with Gasteiger partial charge in [-0.15, -0.1) is 0 Å². The predicted molar refractivity (Wildman–Crippen MR) is 82.7 cm³/mol. The van der Waals surface area contributed by atoms with Gasteiger partial charge in [0.25, 0.3) is 0 Å². The molecule has 4 heteroatoms. The molecule has 0 aliphatic heterocycles. The Morgan fingerprint density at radius 3 is 2.57 bits per heavy atom. The second-order valence-electron chi connectivity index (χ2n) is 5.13. The smallest absolute Gasteiger partial charge is 0.149 e. The Bertz CT molecular complexity index is 769. The Labute approximate surface area is 122 Å². The van der Waals surface area contributed by atoms with Crippen LogP contribution < -0.4 is 5.32 Å². The molecule has 21 heavy (non-hydrogen) atoms. The van der Waals surface area contributed by atoms with Crippen LogP contribution in [0.25, 0.3) is 10.9 Å². The molecule has 3 rings (SSSR count). The number of aromatic nitrogens is 2. The number of nitrogens with one attached hydrogen (secondary N) is 1. The quantitative estimate of drug-likeness (QED) is 0.780. The summed E-state index contributed by atoms with van der Waals surface area (Å²) < 4.78 is 13.8.